The number of fused-ring (bicyclic) bond motifs is 3. The Kier molecular flexibility index (Phi) is 14.4. The fourth-order valence-electron chi connectivity index (χ4n) is 9.20. The number of imide groups is 2. The fraction of sp³-hybridized carbons (Fsp3) is 0.388. The Morgan fingerprint density at radius 3 is 2.54 bits per heavy atom. The predicted octanol–water partition coefficient (Wildman–Crippen LogP) is 5.90. The molecule has 364 valence electrons. The van der Waals surface area contributed by atoms with Gasteiger partial charge in [-0.05, 0) is 104 Å². The van der Waals surface area contributed by atoms with Crippen molar-refractivity contribution in [3.63, 3.8) is 0 Å². The van der Waals surface area contributed by atoms with Crippen LogP contribution in [-0.4, -0.2) is 113 Å². The molecule has 5 amide bonds. The molecule has 1 fully saturated rings. The minimum atomic E-state index is -3.52. The molecule has 8 rings (SSSR count). The van der Waals surface area contributed by atoms with Crippen molar-refractivity contribution in [2.24, 2.45) is 7.05 Å². The lowest BCUT2D eigenvalue weighted by molar-refractivity contribution is -0.138. The Bertz CT molecular complexity index is 2850. The highest BCUT2D eigenvalue weighted by Crippen LogP contribution is 2.58. The van der Waals surface area contributed by atoms with E-state index in [4.69, 9.17) is 14.2 Å². The molecule has 19 nitrogen and oxygen atoms in total. The van der Waals surface area contributed by atoms with Crippen LogP contribution in [0.4, 0.5) is 0 Å². The minimum Gasteiger partial charge on any atom is -0.494 e. The second-order valence-corrected chi connectivity index (χ2v) is 19.6. The molecule has 20 heteroatoms. The number of nitrogens with one attached hydrogen (secondary N) is 2. The van der Waals surface area contributed by atoms with Gasteiger partial charge in [0.25, 0.3) is 17.7 Å². The van der Waals surface area contributed by atoms with Crippen LogP contribution in [0.25, 0.3) is 11.0 Å². The van der Waals surface area contributed by atoms with Crippen LogP contribution < -0.4 is 24.8 Å². The number of hydrogen-bond donors (Lipinski definition) is 5. The zero-order chi connectivity index (χ0) is 49.1. The number of carboxylic acid groups (broad SMARTS) is 1. The number of rotatable bonds is 18. The van der Waals surface area contributed by atoms with Gasteiger partial charge in [0.15, 0.2) is 6.61 Å². The number of nitrogens with zero attached hydrogens (tertiary/aromatic N) is 5. The number of piperidine rings is 1. The van der Waals surface area contributed by atoms with E-state index < -0.39 is 64.3 Å². The molecule has 3 atom stereocenters. The number of unbranched alkanes of at least 4 members (excludes halogenated alkanes) is 3. The fourth-order valence-corrected chi connectivity index (χ4v) is 10.8. The van der Waals surface area contributed by atoms with E-state index in [9.17, 15) is 43.0 Å². The maximum absolute atomic E-state index is 13.3. The van der Waals surface area contributed by atoms with Gasteiger partial charge in [-0.15, -0.1) is 15.9 Å². The number of carbonyl (C=O) groups is 6. The predicted molar refractivity (Wildman–Crippen MR) is 252 cm³/mol. The van der Waals surface area contributed by atoms with Crippen molar-refractivity contribution in [1.29, 1.82) is 0 Å². The summed E-state index contributed by atoms with van der Waals surface area (Å²) in [5.74, 6) is -3.52. The third-order valence-electron chi connectivity index (χ3n) is 12.8. The molecule has 0 spiro atoms. The molecule has 0 radical (unpaired) electrons. The number of carbonyl (C=O) groups excluding carboxylic acids is 5. The molecule has 5 N–H and O–H groups in total. The summed E-state index contributed by atoms with van der Waals surface area (Å²) >= 11 is 0. The molecule has 5 aromatic rings. The lowest BCUT2D eigenvalue weighted by atomic mass is 9.86. The van der Waals surface area contributed by atoms with Crippen molar-refractivity contribution in [2.45, 2.75) is 94.7 Å². The molecule has 69 heavy (non-hydrogen) atoms. The molecule has 0 saturated carbocycles. The molecule has 1 aromatic heterocycles. The second kappa shape index (κ2) is 20.4. The monoisotopic (exact) mass is 965 g/mol. The van der Waals surface area contributed by atoms with Gasteiger partial charge in [-0.25, -0.2) is 4.68 Å². The number of aryl methyl sites for hydroxylation is 3. The summed E-state index contributed by atoms with van der Waals surface area (Å²) in [6, 6.07) is 18.2. The van der Waals surface area contributed by atoms with E-state index in [2.05, 4.69) is 20.9 Å². The largest absolute Gasteiger partial charge is 0.494 e. The molecule has 2 unspecified atom stereocenters. The minimum absolute atomic E-state index is 0.000104. The van der Waals surface area contributed by atoms with Crippen LogP contribution in [0, 0.1) is 6.92 Å². The lowest BCUT2D eigenvalue weighted by Gasteiger charge is -2.42. The first-order chi connectivity index (χ1) is 33.0. The van der Waals surface area contributed by atoms with E-state index >= 15 is 0 Å². The maximum Gasteiger partial charge on any atom is 0.304 e. The van der Waals surface area contributed by atoms with E-state index in [1.54, 1.807) is 29.2 Å². The van der Waals surface area contributed by atoms with Crippen molar-refractivity contribution >= 4 is 57.3 Å². The summed E-state index contributed by atoms with van der Waals surface area (Å²) < 4.78 is 44.7. The van der Waals surface area contributed by atoms with Crippen LogP contribution >= 0.6 is 10.8 Å². The molecule has 4 heterocycles. The molecule has 4 aromatic carbocycles. The molecular formula is C49H55N7O12S. The van der Waals surface area contributed by atoms with Gasteiger partial charge < -0.3 is 24.6 Å². The Morgan fingerprint density at radius 1 is 0.971 bits per heavy atom. The van der Waals surface area contributed by atoms with Crippen molar-refractivity contribution in [3.05, 3.63) is 106 Å². The van der Waals surface area contributed by atoms with E-state index in [0.717, 1.165) is 52.8 Å². The van der Waals surface area contributed by atoms with Crippen LogP contribution in [0.15, 0.2) is 71.6 Å². The normalized spacial score (nSPS) is 18.7. The highest BCUT2D eigenvalue weighted by molar-refractivity contribution is 8.22. The summed E-state index contributed by atoms with van der Waals surface area (Å²) in [4.78, 5) is 76.5. The molecule has 3 aliphatic heterocycles. The van der Waals surface area contributed by atoms with E-state index in [1.165, 1.54) is 18.2 Å². The van der Waals surface area contributed by atoms with Gasteiger partial charge in [0.2, 0.25) is 11.8 Å². The van der Waals surface area contributed by atoms with Gasteiger partial charge in [-0.3, -0.25) is 48.1 Å². The Balaban J connectivity index is 0.830. The van der Waals surface area contributed by atoms with Gasteiger partial charge in [-0.2, -0.15) is 4.31 Å². The number of aliphatic carboxylic acids is 1. The molecular weight excluding hydrogens is 911 g/mol. The summed E-state index contributed by atoms with van der Waals surface area (Å²) in [5.41, 5.74) is 5.44. The summed E-state index contributed by atoms with van der Waals surface area (Å²) in [7, 11) is -0.213. The number of hydrogen-bond acceptors (Lipinski definition) is 14. The van der Waals surface area contributed by atoms with Crippen LogP contribution in [0.2, 0.25) is 0 Å². The Hall–Kier alpha value is -6.87. The van der Waals surface area contributed by atoms with E-state index in [0.29, 0.717) is 46.0 Å². The SMILES string of the molecule is COc1cc(C(CC(=O)O)c2ccc(C)c(CN3C[C@@H](C)Oc4cc(CCCCCCNC(=O)COc5cccc6c5C(=O)N(C5CCC(=O)NC5=O)C6=O)ccc4S3(O)O)c2)cc2nnn(C)c12. The number of ether oxygens (including phenoxy) is 3. The van der Waals surface area contributed by atoms with Crippen LogP contribution in [0.1, 0.15) is 106 Å². The number of aromatic nitrogens is 3. The number of carboxylic acids is 1. The summed E-state index contributed by atoms with van der Waals surface area (Å²) in [5, 5.41) is 23.3. The maximum atomic E-state index is 13.3. The average Bonchev–Trinajstić information content (AvgIpc) is 3.78. The van der Waals surface area contributed by atoms with Gasteiger partial charge in [0.1, 0.15) is 45.3 Å². The number of methoxy groups -OCH3 is 1. The standard InChI is InChI=1S/C49H55N7O12S/c1-28-13-15-31(35(24-44(59)60)32-22-36-46(40(23-32)66-4)54(3)53-52-36)21-33(28)26-55-25-29(2)68-39-20-30(14-17-41(39)69(55,64)65)10-7-5-6-8-19-50-43(58)27-67-38-12-9-11-34-45(38)49(63)56(48(34)62)37-16-18-42(57)51-47(37)61/h9,11-15,17,20-23,29,35,37,64-65H,5-8,10,16,18-19,24-27H2,1-4H3,(H,50,58)(H,59,60)(H,51,57,61)/t29-,35?,37?/m1/s1. The van der Waals surface area contributed by atoms with E-state index in [-0.39, 0.29) is 55.8 Å². The topological polar surface area (TPSA) is 252 Å². The first-order valence-corrected chi connectivity index (χ1v) is 24.3. The summed E-state index contributed by atoms with van der Waals surface area (Å²) in [6.07, 6.45) is 3.40. The molecule has 1 saturated heterocycles. The third-order valence-corrected chi connectivity index (χ3v) is 14.7. The van der Waals surface area contributed by atoms with Crippen LogP contribution in [0.3, 0.4) is 0 Å². The van der Waals surface area contributed by atoms with Crippen LogP contribution in [-0.2, 0) is 39.2 Å². The van der Waals surface area contributed by atoms with E-state index in [1.807, 2.05) is 56.3 Å². The molecule has 3 aliphatic rings. The van der Waals surface area contributed by atoms with Crippen LogP contribution in [0.5, 0.6) is 17.2 Å². The highest BCUT2D eigenvalue weighted by atomic mass is 32.3. The Labute approximate surface area is 399 Å². The van der Waals surface area contributed by atoms with Gasteiger partial charge >= 0.3 is 5.97 Å². The van der Waals surface area contributed by atoms with Crippen molar-refractivity contribution < 1.29 is 57.2 Å². The van der Waals surface area contributed by atoms with Gasteiger partial charge in [0, 0.05) is 32.5 Å². The zero-order valence-corrected chi connectivity index (χ0v) is 39.5. The smallest absolute Gasteiger partial charge is 0.304 e. The highest BCUT2D eigenvalue weighted by Gasteiger charge is 2.46. The number of benzene rings is 4. The van der Waals surface area contributed by atoms with Crippen molar-refractivity contribution in [2.75, 3.05) is 26.8 Å². The van der Waals surface area contributed by atoms with Crippen molar-refractivity contribution in [3.8, 4) is 17.2 Å². The quantitative estimate of drug-likeness (QED) is 0.0507. The van der Waals surface area contributed by atoms with Gasteiger partial charge in [-0.1, -0.05) is 48.4 Å². The molecule has 0 aliphatic carbocycles. The first kappa shape index (κ1) is 48.6. The summed E-state index contributed by atoms with van der Waals surface area (Å²) in [6.45, 7) is 4.22. The molecule has 0 bridgehead atoms. The lowest BCUT2D eigenvalue weighted by Crippen LogP contribution is -2.54. The zero-order valence-electron chi connectivity index (χ0n) is 38.7. The Morgan fingerprint density at radius 2 is 1.77 bits per heavy atom. The van der Waals surface area contributed by atoms with Gasteiger partial charge in [0.05, 0.1) is 31.2 Å². The first-order valence-electron chi connectivity index (χ1n) is 22.8. The second-order valence-electron chi connectivity index (χ2n) is 17.6. The van der Waals surface area contributed by atoms with Crippen molar-refractivity contribution in [1.82, 2.24) is 34.8 Å². The number of amides is 5. The average molecular weight is 966 g/mol. The third kappa shape index (κ3) is 10.3.